The zero-order valence-corrected chi connectivity index (χ0v) is 20.4. The molecule has 1 saturated heterocycles. The van der Waals surface area contributed by atoms with Crippen LogP contribution in [-0.4, -0.2) is 84.2 Å². The largest absolute Gasteiger partial charge is 0.495 e. The molecule has 8 heteroatoms. The molecule has 1 aliphatic heterocycles. The average molecular weight is 520 g/mol. The third-order valence-electron chi connectivity index (χ3n) is 4.76. The van der Waals surface area contributed by atoms with Crippen LogP contribution in [0.4, 0.5) is 5.69 Å². The molecule has 7 nitrogen and oxygen atoms in total. The summed E-state index contributed by atoms with van der Waals surface area (Å²) in [5, 5.41) is 3.39. The number of benzene rings is 1. The number of nitrogens with zero attached hydrogens (tertiary/aromatic N) is 3. The van der Waals surface area contributed by atoms with Crippen molar-refractivity contribution in [2.24, 2.45) is 4.99 Å². The maximum absolute atomic E-state index is 5.61. The molecule has 0 spiro atoms. The Hall–Kier alpha value is -1.26. The molecule has 1 aromatic rings. The van der Waals surface area contributed by atoms with E-state index in [-0.39, 0.29) is 24.0 Å². The third kappa shape index (κ3) is 8.96. The summed E-state index contributed by atoms with van der Waals surface area (Å²) >= 11 is 0. The zero-order chi connectivity index (χ0) is 20.0. The van der Waals surface area contributed by atoms with Crippen molar-refractivity contribution in [1.29, 1.82) is 0 Å². The number of halogens is 1. The molecule has 0 saturated carbocycles. The molecule has 1 aromatic carbocycles. The standard InChI is InChI=1S/C21H36N4O3.HI/c1-4-5-15-27-17-18-28-16-10-23-21(22-2)25-13-11-24(12-14-25)19-8-6-7-9-20(19)26-3;/h6-9H,4-5,10-18H2,1-3H3,(H,22,23);1H. The van der Waals surface area contributed by atoms with E-state index in [2.05, 4.69) is 39.2 Å². The molecule has 0 aliphatic carbocycles. The molecular weight excluding hydrogens is 483 g/mol. The maximum atomic E-state index is 5.61. The molecule has 0 bridgehead atoms. The number of para-hydroxylation sites is 2. The number of anilines is 1. The second kappa shape index (κ2) is 15.6. The van der Waals surface area contributed by atoms with Gasteiger partial charge < -0.3 is 29.3 Å². The smallest absolute Gasteiger partial charge is 0.193 e. The summed E-state index contributed by atoms with van der Waals surface area (Å²) in [5.74, 6) is 1.86. The van der Waals surface area contributed by atoms with E-state index in [0.717, 1.165) is 69.6 Å². The summed E-state index contributed by atoms with van der Waals surface area (Å²) in [5.41, 5.74) is 1.15. The Kier molecular flexibility index (Phi) is 13.8. The van der Waals surface area contributed by atoms with Crippen molar-refractivity contribution in [1.82, 2.24) is 10.2 Å². The SMILES string of the molecule is CCCCOCCOCCNC(=NC)N1CCN(c2ccccc2OC)CC1.I. The number of piperazine rings is 1. The Balaban J connectivity index is 0.00000420. The monoisotopic (exact) mass is 520 g/mol. The van der Waals surface area contributed by atoms with Gasteiger partial charge in [-0.1, -0.05) is 25.5 Å². The number of nitrogens with one attached hydrogen (secondary N) is 1. The summed E-state index contributed by atoms with van der Waals surface area (Å²) in [7, 11) is 3.55. The third-order valence-corrected chi connectivity index (χ3v) is 4.76. The highest BCUT2D eigenvalue weighted by Crippen LogP contribution is 2.28. The van der Waals surface area contributed by atoms with Crippen molar-refractivity contribution in [2.45, 2.75) is 19.8 Å². The van der Waals surface area contributed by atoms with Gasteiger partial charge in [0.25, 0.3) is 0 Å². The highest BCUT2D eigenvalue weighted by Gasteiger charge is 2.21. The van der Waals surface area contributed by atoms with E-state index >= 15 is 0 Å². The van der Waals surface area contributed by atoms with Gasteiger partial charge in [-0.05, 0) is 18.6 Å². The van der Waals surface area contributed by atoms with Gasteiger partial charge in [0.1, 0.15) is 5.75 Å². The molecule has 166 valence electrons. The van der Waals surface area contributed by atoms with Crippen LogP contribution >= 0.6 is 24.0 Å². The second-order valence-electron chi connectivity index (χ2n) is 6.70. The van der Waals surface area contributed by atoms with Crippen molar-refractivity contribution < 1.29 is 14.2 Å². The summed E-state index contributed by atoms with van der Waals surface area (Å²) < 4.78 is 16.6. The Bertz CT molecular complexity index is 581. The molecular formula is C21H37IN4O3. The first kappa shape index (κ1) is 25.8. The van der Waals surface area contributed by atoms with Crippen LogP contribution in [0.25, 0.3) is 0 Å². The van der Waals surface area contributed by atoms with Crippen LogP contribution in [0.1, 0.15) is 19.8 Å². The van der Waals surface area contributed by atoms with E-state index in [1.165, 1.54) is 0 Å². The summed E-state index contributed by atoms with van der Waals surface area (Å²) in [6.07, 6.45) is 2.28. The van der Waals surface area contributed by atoms with E-state index in [9.17, 15) is 0 Å². The van der Waals surface area contributed by atoms with Crippen LogP contribution in [0, 0.1) is 0 Å². The van der Waals surface area contributed by atoms with Crippen molar-refractivity contribution in [3.05, 3.63) is 24.3 Å². The molecule has 1 N–H and O–H groups in total. The fraction of sp³-hybridized carbons (Fsp3) is 0.667. The molecule has 1 aliphatic rings. The lowest BCUT2D eigenvalue weighted by atomic mass is 10.2. The molecule has 0 amide bonds. The fourth-order valence-corrected chi connectivity index (χ4v) is 3.19. The number of guanidine groups is 1. The van der Waals surface area contributed by atoms with Gasteiger partial charge in [0.2, 0.25) is 0 Å². The Morgan fingerprint density at radius 2 is 1.72 bits per heavy atom. The van der Waals surface area contributed by atoms with Crippen molar-refractivity contribution >= 4 is 35.6 Å². The van der Waals surface area contributed by atoms with Crippen LogP contribution in [0.3, 0.4) is 0 Å². The first-order valence-electron chi connectivity index (χ1n) is 10.3. The maximum Gasteiger partial charge on any atom is 0.193 e. The molecule has 1 heterocycles. The lowest BCUT2D eigenvalue weighted by Crippen LogP contribution is -2.53. The number of rotatable bonds is 11. The van der Waals surface area contributed by atoms with Gasteiger partial charge >= 0.3 is 0 Å². The lowest BCUT2D eigenvalue weighted by Gasteiger charge is -2.38. The molecule has 29 heavy (non-hydrogen) atoms. The topological polar surface area (TPSA) is 58.6 Å². The first-order valence-corrected chi connectivity index (χ1v) is 10.3. The number of hydrogen-bond donors (Lipinski definition) is 1. The highest BCUT2D eigenvalue weighted by atomic mass is 127. The van der Waals surface area contributed by atoms with Crippen LogP contribution in [0.15, 0.2) is 29.3 Å². The van der Waals surface area contributed by atoms with Gasteiger partial charge in [-0.3, -0.25) is 4.99 Å². The number of aliphatic imine (C=N–C) groups is 1. The van der Waals surface area contributed by atoms with Gasteiger partial charge in [-0.25, -0.2) is 0 Å². The summed E-state index contributed by atoms with van der Waals surface area (Å²) in [6.45, 7) is 9.41. The molecule has 0 unspecified atom stereocenters. The predicted octanol–water partition coefficient (Wildman–Crippen LogP) is 2.84. The second-order valence-corrected chi connectivity index (χ2v) is 6.70. The minimum absolute atomic E-state index is 0. The number of unbranched alkanes of at least 4 members (excludes halogenated alkanes) is 1. The minimum Gasteiger partial charge on any atom is -0.495 e. The molecule has 2 rings (SSSR count). The first-order chi connectivity index (χ1) is 13.8. The van der Waals surface area contributed by atoms with Crippen molar-refractivity contribution in [3.63, 3.8) is 0 Å². The number of ether oxygens (including phenoxy) is 3. The van der Waals surface area contributed by atoms with Gasteiger partial charge in [-0.15, -0.1) is 24.0 Å². The van der Waals surface area contributed by atoms with E-state index < -0.39 is 0 Å². The summed E-state index contributed by atoms with van der Waals surface area (Å²) in [4.78, 5) is 9.08. The van der Waals surface area contributed by atoms with Crippen LogP contribution in [-0.2, 0) is 9.47 Å². The van der Waals surface area contributed by atoms with E-state index in [0.29, 0.717) is 19.8 Å². The Labute approximate surface area is 192 Å². The fourth-order valence-electron chi connectivity index (χ4n) is 3.19. The van der Waals surface area contributed by atoms with Gasteiger partial charge in [-0.2, -0.15) is 0 Å². The van der Waals surface area contributed by atoms with Gasteiger partial charge in [0, 0.05) is 46.4 Å². The predicted molar refractivity (Wildman–Crippen MR) is 130 cm³/mol. The lowest BCUT2D eigenvalue weighted by molar-refractivity contribution is 0.0486. The Morgan fingerprint density at radius 1 is 1.03 bits per heavy atom. The van der Waals surface area contributed by atoms with Gasteiger partial charge in [0.05, 0.1) is 32.6 Å². The normalized spacial score (nSPS) is 14.5. The van der Waals surface area contributed by atoms with E-state index in [1.54, 1.807) is 7.11 Å². The van der Waals surface area contributed by atoms with Crippen LogP contribution in [0.2, 0.25) is 0 Å². The van der Waals surface area contributed by atoms with Crippen molar-refractivity contribution in [3.8, 4) is 5.75 Å². The van der Waals surface area contributed by atoms with Crippen LogP contribution < -0.4 is 15.0 Å². The molecule has 0 atom stereocenters. The highest BCUT2D eigenvalue weighted by molar-refractivity contribution is 14.0. The minimum atomic E-state index is 0. The van der Waals surface area contributed by atoms with Gasteiger partial charge in [0.15, 0.2) is 5.96 Å². The number of hydrogen-bond acceptors (Lipinski definition) is 5. The number of methoxy groups -OCH3 is 1. The molecule has 1 fully saturated rings. The zero-order valence-electron chi connectivity index (χ0n) is 18.1. The summed E-state index contributed by atoms with van der Waals surface area (Å²) in [6, 6.07) is 8.19. The Morgan fingerprint density at radius 3 is 2.38 bits per heavy atom. The molecule has 0 radical (unpaired) electrons. The quantitative estimate of drug-likeness (QED) is 0.210. The average Bonchev–Trinajstić information content (AvgIpc) is 2.75. The molecule has 0 aromatic heterocycles. The van der Waals surface area contributed by atoms with E-state index in [4.69, 9.17) is 14.2 Å². The van der Waals surface area contributed by atoms with Crippen LogP contribution in [0.5, 0.6) is 5.75 Å². The van der Waals surface area contributed by atoms with E-state index in [1.807, 2.05) is 19.2 Å². The van der Waals surface area contributed by atoms with Crippen molar-refractivity contribution in [2.75, 3.05) is 78.2 Å².